The average molecular weight is 382 g/mol. The first-order chi connectivity index (χ1) is 14.4. The molecule has 0 bridgehead atoms. The highest BCUT2D eigenvalue weighted by Crippen LogP contribution is 2.37. The number of anilines is 1. The number of fused-ring (bicyclic) bond motifs is 1. The number of hydrogen-bond donors (Lipinski definition) is 1. The molecule has 144 valence electrons. The molecule has 0 spiro atoms. The topological polar surface area (TPSA) is 52.0 Å². The Kier molecular flexibility index (Phi) is 4.70. The lowest BCUT2D eigenvalue weighted by molar-refractivity contribution is 0.306. The first kappa shape index (κ1) is 17.5. The van der Waals surface area contributed by atoms with E-state index >= 15 is 0 Å². The number of nitrogens with zero attached hydrogens (tertiary/aromatic N) is 3. The largest absolute Gasteiger partial charge is 0.489 e. The van der Waals surface area contributed by atoms with Crippen LogP contribution in [0.3, 0.4) is 0 Å². The Morgan fingerprint density at radius 3 is 2.34 bits per heavy atom. The van der Waals surface area contributed by atoms with Crippen LogP contribution in [0.5, 0.6) is 5.75 Å². The third kappa shape index (κ3) is 3.72. The molecule has 0 saturated carbocycles. The Hall–Kier alpha value is -3.60. The van der Waals surface area contributed by atoms with Gasteiger partial charge in [0.15, 0.2) is 0 Å². The number of benzene rings is 3. The number of nitrogens with one attached hydrogen (secondary N) is 1. The van der Waals surface area contributed by atoms with E-state index in [9.17, 15) is 0 Å². The van der Waals surface area contributed by atoms with E-state index in [0.29, 0.717) is 6.61 Å². The molecular formula is C24H22N4O. The summed E-state index contributed by atoms with van der Waals surface area (Å²) in [5, 5.41) is 7.96. The van der Waals surface area contributed by atoms with Gasteiger partial charge in [0.05, 0.1) is 12.1 Å². The lowest BCUT2D eigenvalue weighted by Crippen LogP contribution is -2.28. The smallest absolute Gasteiger partial charge is 0.222 e. The van der Waals surface area contributed by atoms with E-state index in [4.69, 9.17) is 4.74 Å². The zero-order valence-corrected chi connectivity index (χ0v) is 16.0. The van der Waals surface area contributed by atoms with Crippen molar-refractivity contribution in [1.82, 2.24) is 14.8 Å². The minimum Gasteiger partial charge on any atom is -0.489 e. The van der Waals surface area contributed by atoms with E-state index < -0.39 is 0 Å². The predicted molar refractivity (Wildman–Crippen MR) is 113 cm³/mol. The molecule has 1 aliphatic rings. The van der Waals surface area contributed by atoms with Crippen molar-refractivity contribution in [2.24, 2.45) is 0 Å². The van der Waals surface area contributed by atoms with Crippen LogP contribution in [0.15, 0.2) is 91.3 Å². The third-order valence-corrected chi connectivity index (χ3v) is 5.35. The van der Waals surface area contributed by atoms with Crippen LogP contribution in [0.25, 0.3) is 0 Å². The summed E-state index contributed by atoms with van der Waals surface area (Å²) >= 11 is 0. The van der Waals surface area contributed by atoms with Crippen LogP contribution in [0, 0.1) is 0 Å². The molecule has 5 rings (SSSR count). The zero-order chi connectivity index (χ0) is 19.5. The summed E-state index contributed by atoms with van der Waals surface area (Å²) in [4.78, 5) is 4.40. The second-order valence-electron chi connectivity index (χ2n) is 7.23. The van der Waals surface area contributed by atoms with E-state index in [1.165, 1.54) is 11.1 Å². The second kappa shape index (κ2) is 7.80. The standard InChI is InChI=1S/C24H22N4O/c1-3-7-18(8-4-1)16-29-21-13-11-20(12-14-21)23-15-22(19-9-5-2-6-10-19)27-24-25-17-26-28(23)24/h1-14,17,22-23H,15-16H2,(H,25,26,27)/t22-,23+/m0/s1. The zero-order valence-electron chi connectivity index (χ0n) is 16.0. The van der Waals surface area contributed by atoms with Crippen LogP contribution in [0.2, 0.25) is 0 Å². The minimum absolute atomic E-state index is 0.127. The van der Waals surface area contributed by atoms with E-state index in [2.05, 4.69) is 63.9 Å². The molecule has 0 amide bonds. The van der Waals surface area contributed by atoms with Gasteiger partial charge >= 0.3 is 0 Å². The lowest BCUT2D eigenvalue weighted by atomic mass is 9.93. The normalized spacial score (nSPS) is 17.9. The highest BCUT2D eigenvalue weighted by atomic mass is 16.5. The van der Waals surface area contributed by atoms with Crippen LogP contribution in [0.4, 0.5) is 5.95 Å². The van der Waals surface area contributed by atoms with Crippen molar-refractivity contribution in [2.45, 2.75) is 25.1 Å². The number of hydrogen-bond acceptors (Lipinski definition) is 4. The first-order valence-electron chi connectivity index (χ1n) is 9.84. The Morgan fingerprint density at radius 2 is 1.59 bits per heavy atom. The monoisotopic (exact) mass is 382 g/mol. The SMILES string of the molecule is c1ccc(COc2ccc([C@H]3C[C@@H](c4ccccc4)Nc4ncnn43)cc2)cc1. The summed E-state index contributed by atoms with van der Waals surface area (Å²) in [7, 11) is 0. The molecule has 29 heavy (non-hydrogen) atoms. The van der Waals surface area contributed by atoms with Crippen LogP contribution in [0.1, 0.15) is 35.2 Å². The van der Waals surface area contributed by atoms with Crippen LogP contribution in [-0.4, -0.2) is 14.8 Å². The predicted octanol–water partition coefficient (Wildman–Crippen LogP) is 5.00. The lowest BCUT2D eigenvalue weighted by Gasteiger charge is -2.31. The summed E-state index contributed by atoms with van der Waals surface area (Å²) < 4.78 is 7.90. The Labute approximate surface area is 170 Å². The maximum atomic E-state index is 5.93. The molecule has 0 fully saturated rings. The fourth-order valence-electron chi connectivity index (χ4n) is 3.83. The molecule has 1 aromatic heterocycles. The molecule has 1 N–H and O–H groups in total. The van der Waals surface area contributed by atoms with E-state index in [0.717, 1.165) is 23.7 Å². The van der Waals surface area contributed by atoms with Crippen molar-refractivity contribution in [3.63, 3.8) is 0 Å². The van der Waals surface area contributed by atoms with Gasteiger partial charge in [0.25, 0.3) is 0 Å². The fourth-order valence-corrected chi connectivity index (χ4v) is 3.83. The van der Waals surface area contributed by atoms with Crippen LogP contribution < -0.4 is 10.1 Å². The van der Waals surface area contributed by atoms with Crippen LogP contribution >= 0.6 is 0 Å². The molecule has 0 aliphatic carbocycles. The molecule has 5 nitrogen and oxygen atoms in total. The molecule has 0 radical (unpaired) electrons. The summed E-state index contributed by atoms with van der Waals surface area (Å²) in [6, 6.07) is 29.4. The number of rotatable bonds is 5. The quantitative estimate of drug-likeness (QED) is 0.527. The molecular weight excluding hydrogens is 360 g/mol. The van der Waals surface area contributed by atoms with Gasteiger partial charge in [-0.25, -0.2) is 4.68 Å². The van der Waals surface area contributed by atoms with Crippen LogP contribution in [-0.2, 0) is 6.61 Å². The Balaban J connectivity index is 1.35. The van der Waals surface area contributed by atoms with E-state index in [1.54, 1.807) is 6.33 Å². The summed E-state index contributed by atoms with van der Waals surface area (Å²) in [6.07, 6.45) is 2.52. The average Bonchev–Trinajstić information content (AvgIpc) is 3.28. The van der Waals surface area contributed by atoms with Gasteiger partial charge in [-0.05, 0) is 35.2 Å². The van der Waals surface area contributed by atoms with Gasteiger partial charge in [-0.2, -0.15) is 10.1 Å². The van der Waals surface area contributed by atoms with Crippen molar-refractivity contribution in [3.05, 3.63) is 108 Å². The van der Waals surface area contributed by atoms with Crippen molar-refractivity contribution in [3.8, 4) is 5.75 Å². The van der Waals surface area contributed by atoms with Gasteiger partial charge in [0.2, 0.25) is 5.95 Å². The first-order valence-corrected chi connectivity index (χ1v) is 9.84. The van der Waals surface area contributed by atoms with E-state index in [-0.39, 0.29) is 12.1 Å². The molecule has 2 atom stereocenters. The van der Waals surface area contributed by atoms with Gasteiger partial charge in [0.1, 0.15) is 18.7 Å². The maximum absolute atomic E-state index is 5.93. The highest BCUT2D eigenvalue weighted by Gasteiger charge is 2.29. The van der Waals surface area contributed by atoms with Gasteiger partial charge < -0.3 is 10.1 Å². The highest BCUT2D eigenvalue weighted by molar-refractivity contribution is 5.39. The van der Waals surface area contributed by atoms with Crippen molar-refractivity contribution < 1.29 is 4.74 Å². The van der Waals surface area contributed by atoms with Gasteiger partial charge in [-0.3, -0.25) is 0 Å². The molecule has 3 aromatic carbocycles. The van der Waals surface area contributed by atoms with Gasteiger partial charge in [0, 0.05) is 0 Å². The second-order valence-corrected chi connectivity index (χ2v) is 7.23. The van der Waals surface area contributed by atoms with Crippen molar-refractivity contribution >= 4 is 5.95 Å². The third-order valence-electron chi connectivity index (χ3n) is 5.35. The molecule has 0 saturated heterocycles. The molecule has 2 heterocycles. The molecule has 1 aliphatic heterocycles. The van der Waals surface area contributed by atoms with E-state index in [1.807, 2.05) is 41.1 Å². The maximum Gasteiger partial charge on any atom is 0.222 e. The minimum atomic E-state index is 0.127. The summed E-state index contributed by atoms with van der Waals surface area (Å²) in [5.74, 6) is 1.67. The van der Waals surface area contributed by atoms with Gasteiger partial charge in [-0.1, -0.05) is 72.8 Å². The molecule has 4 aromatic rings. The van der Waals surface area contributed by atoms with Gasteiger partial charge in [-0.15, -0.1) is 0 Å². The Morgan fingerprint density at radius 1 is 0.862 bits per heavy atom. The molecule has 5 heteroatoms. The number of ether oxygens (including phenoxy) is 1. The summed E-state index contributed by atoms with van der Waals surface area (Å²) in [5.41, 5.74) is 3.62. The fraction of sp³-hybridized carbons (Fsp3) is 0.167. The summed E-state index contributed by atoms with van der Waals surface area (Å²) in [6.45, 7) is 0.566. The number of aromatic nitrogens is 3. The van der Waals surface area contributed by atoms with Crippen molar-refractivity contribution in [2.75, 3.05) is 5.32 Å². The van der Waals surface area contributed by atoms with Crippen molar-refractivity contribution in [1.29, 1.82) is 0 Å². The Bertz CT molecular complexity index is 1060. The molecule has 0 unspecified atom stereocenters.